The smallest absolute Gasteiger partial charge is 0.267 e. The zero-order valence-electron chi connectivity index (χ0n) is 10.5. The summed E-state index contributed by atoms with van der Waals surface area (Å²) in [4.78, 5) is 15.1. The zero-order valence-corrected chi connectivity index (χ0v) is 10.5. The van der Waals surface area contributed by atoms with Crippen molar-refractivity contribution < 1.29 is 4.79 Å². The number of nitrogens with two attached hydrogens (primary N) is 1. The highest BCUT2D eigenvalue weighted by Gasteiger charge is 2.21. The number of amides is 1. The highest BCUT2D eigenvalue weighted by atomic mass is 16.1. The number of benzene rings is 1. The highest BCUT2D eigenvalue weighted by Crippen LogP contribution is 2.27. The summed E-state index contributed by atoms with van der Waals surface area (Å²) in [6.07, 6.45) is 2.76. The third kappa shape index (κ3) is 2.22. The average Bonchev–Trinajstić information content (AvgIpc) is 2.47. The molecule has 0 fully saturated rings. The van der Waals surface area contributed by atoms with E-state index < -0.39 is 5.91 Å². The number of hydrogen-bond acceptors (Lipinski definition) is 3. The van der Waals surface area contributed by atoms with Crippen LogP contribution in [-0.4, -0.2) is 17.4 Å². The van der Waals surface area contributed by atoms with Crippen molar-refractivity contribution in [3.8, 4) is 0 Å². The third-order valence-corrected chi connectivity index (χ3v) is 3.48. The predicted octanol–water partition coefficient (Wildman–Crippen LogP) is 1.42. The Kier molecular flexibility index (Phi) is 3.01. The minimum atomic E-state index is -0.497. The molecule has 19 heavy (non-hydrogen) atoms. The van der Waals surface area contributed by atoms with Gasteiger partial charge in [0.15, 0.2) is 0 Å². The van der Waals surface area contributed by atoms with Gasteiger partial charge in [-0.15, -0.1) is 0 Å². The molecule has 2 heterocycles. The normalized spacial score (nSPS) is 17.8. The number of carbonyl (C=O) groups is 1. The SMILES string of the molecule is NC(=O)c1ccc(C2NCCc3ccccc32)cn1. The second-order valence-corrected chi connectivity index (χ2v) is 4.68. The fourth-order valence-electron chi connectivity index (χ4n) is 2.52. The highest BCUT2D eigenvalue weighted by molar-refractivity contribution is 5.90. The van der Waals surface area contributed by atoms with Crippen molar-refractivity contribution in [1.82, 2.24) is 10.3 Å². The van der Waals surface area contributed by atoms with Crippen molar-refractivity contribution in [2.75, 3.05) is 6.54 Å². The maximum Gasteiger partial charge on any atom is 0.267 e. The molecule has 0 saturated heterocycles. The number of rotatable bonds is 2. The molecule has 1 aliphatic heterocycles. The van der Waals surface area contributed by atoms with Gasteiger partial charge in [-0.2, -0.15) is 0 Å². The summed E-state index contributed by atoms with van der Waals surface area (Å²) in [6.45, 7) is 0.944. The van der Waals surface area contributed by atoms with Gasteiger partial charge in [-0.25, -0.2) is 0 Å². The maximum atomic E-state index is 11.0. The Bertz CT molecular complexity index is 607. The second-order valence-electron chi connectivity index (χ2n) is 4.68. The van der Waals surface area contributed by atoms with E-state index in [0.717, 1.165) is 18.5 Å². The topological polar surface area (TPSA) is 68.0 Å². The van der Waals surface area contributed by atoms with Crippen molar-refractivity contribution >= 4 is 5.91 Å². The molecule has 3 rings (SSSR count). The standard InChI is InChI=1S/C15H15N3O/c16-15(19)13-6-5-11(9-18-13)14-12-4-2-1-3-10(12)7-8-17-14/h1-6,9,14,17H,7-8H2,(H2,16,19). The minimum absolute atomic E-state index is 0.138. The Morgan fingerprint density at radius 1 is 1.26 bits per heavy atom. The van der Waals surface area contributed by atoms with Gasteiger partial charge in [0.2, 0.25) is 0 Å². The molecule has 0 saturated carbocycles. The van der Waals surface area contributed by atoms with Crippen LogP contribution in [0.15, 0.2) is 42.6 Å². The molecule has 1 atom stereocenters. The molecular weight excluding hydrogens is 238 g/mol. The molecular formula is C15H15N3O. The fourth-order valence-corrected chi connectivity index (χ4v) is 2.52. The van der Waals surface area contributed by atoms with E-state index in [4.69, 9.17) is 5.73 Å². The minimum Gasteiger partial charge on any atom is -0.364 e. The van der Waals surface area contributed by atoms with Gasteiger partial charge in [-0.05, 0) is 29.2 Å². The van der Waals surface area contributed by atoms with E-state index in [0.29, 0.717) is 5.69 Å². The molecule has 0 radical (unpaired) electrons. The number of fused-ring (bicyclic) bond motifs is 1. The molecule has 1 unspecified atom stereocenters. The maximum absolute atomic E-state index is 11.0. The fraction of sp³-hybridized carbons (Fsp3) is 0.200. The molecule has 0 bridgehead atoms. The van der Waals surface area contributed by atoms with Gasteiger partial charge in [-0.1, -0.05) is 30.3 Å². The van der Waals surface area contributed by atoms with E-state index >= 15 is 0 Å². The number of hydrogen-bond donors (Lipinski definition) is 2. The lowest BCUT2D eigenvalue weighted by molar-refractivity contribution is 0.0995. The molecule has 1 aliphatic rings. The Hall–Kier alpha value is -2.20. The van der Waals surface area contributed by atoms with Crippen molar-refractivity contribution in [3.05, 3.63) is 65.0 Å². The lowest BCUT2D eigenvalue weighted by Crippen LogP contribution is -2.30. The summed E-state index contributed by atoms with van der Waals surface area (Å²) >= 11 is 0. The first-order valence-corrected chi connectivity index (χ1v) is 6.32. The van der Waals surface area contributed by atoms with Crippen LogP contribution in [0.5, 0.6) is 0 Å². The van der Waals surface area contributed by atoms with E-state index in [-0.39, 0.29) is 6.04 Å². The molecule has 96 valence electrons. The van der Waals surface area contributed by atoms with Crippen molar-refractivity contribution in [2.24, 2.45) is 5.73 Å². The summed E-state index contributed by atoms with van der Waals surface area (Å²) in [6, 6.07) is 12.1. The van der Waals surface area contributed by atoms with Crippen molar-refractivity contribution in [3.63, 3.8) is 0 Å². The molecule has 2 aromatic rings. The number of nitrogens with zero attached hydrogens (tertiary/aromatic N) is 1. The molecule has 4 nitrogen and oxygen atoms in total. The van der Waals surface area contributed by atoms with E-state index in [1.807, 2.05) is 12.1 Å². The van der Waals surface area contributed by atoms with Crippen LogP contribution in [0.3, 0.4) is 0 Å². The van der Waals surface area contributed by atoms with Crippen LogP contribution in [0.4, 0.5) is 0 Å². The first-order valence-electron chi connectivity index (χ1n) is 6.32. The van der Waals surface area contributed by atoms with Gasteiger partial charge < -0.3 is 11.1 Å². The van der Waals surface area contributed by atoms with Gasteiger partial charge in [0.1, 0.15) is 5.69 Å². The Morgan fingerprint density at radius 2 is 2.11 bits per heavy atom. The lowest BCUT2D eigenvalue weighted by Gasteiger charge is -2.27. The summed E-state index contributed by atoms with van der Waals surface area (Å²) in [7, 11) is 0. The molecule has 4 heteroatoms. The number of aromatic nitrogens is 1. The predicted molar refractivity (Wildman–Crippen MR) is 72.7 cm³/mol. The van der Waals surface area contributed by atoms with Gasteiger partial charge in [-0.3, -0.25) is 9.78 Å². The Morgan fingerprint density at radius 3 is 2.84 bits per heavy atom. The summed E-state index contributed by atoms with van der Waals surface area (Å²) in [5.41, 5.74) is 9.20. The quantitative estimate of drug-likeness (QED) is 0.850. The number of pyridine rings is 1. The van der Waals surface area contributed by atoms with E-state index in [1.54, 1.807) is 12.3 Å². The van der Waals surface area contributed by atoms with Gasteiger partial charge in [0.25, 0.3) is 5.91 Å². The summed E-state index contributed by atoms with van der Waals surface area (Å²) < 4.78 is 0. The number of primary amides is 1. The number of nitrogens with one attached hydrogen (secondary N) is 1. The molecule has 3 N–H and O–H groups in total. The van der Waals surface area contributed by atoms with Crippen LogP contribution in [0.2, 0.25) is 0 Å². The molecule has 0 aliphatic carbocycles. The zero-order chi connectivity index (χ0) is 13.2. The third-order valence-electron chi connectivity index (χ3n) is 3.48. The monoisotopic (exact) mass is 253 g/mol. The van der Waals surface area contributed by atoms with Crippen molar-refractivity contribution in [2.45, 2.75) is 12.5 Å². The molecule has 1 amide bonds. The summed E-state index contributed by atoms with van der Waals surface area (Å²) in [5.74, 6) is -0.497. The molecule has 1 aromatic heterocycles. The van der Waals surface area contributed by atoms with E-state index in [9.17, 15) is 4.79 Å². The van der Waals surface area contributed by atoms with Crippen LogP contribution < -0.4 is 11.1 Å². The van der Waals surface area contributed by atoms with Gasteiger partial charge in [0, 0.05) is 12.7 Å². The van der Waals surface area contributed by atoms with Crippen LogP contribution in [-0.2, 0) is 6.42 Å². The summed E-state index contributed by atoms with van der Waals surface area (Å²) in [5, 5.41) is 3.48. The first-order chi connectivity index (χ1) is 9.25. The lowest BCUT2D eigenvalue weighted by atomic mass is 9.90. The van der Waals surface area contributed by atoms with Crippen LogP contribution >= 0.6 is 0 Å². The van der Waals surface area contributed by atoms with Crippen LogP contribution in [0, 0.1) is 0 Å². The Balaban J connectivity index is 1.97. The van der Waals surface area contributed by atoms with E-state index in [1.165, 1.54) is 11.1 Å². The van der Waals surface area contributed by atoms with Crippen molar-refractivity contribution in [1.29, 1.82) is 0 Å². The average molecular weight is 253 g/mol. The molecule has 1 aromatic carbocycles. The Labute approximate surface area is 111 Å². The second kappa shape index (κ2) is 4.82. The molecule has 0 spiro atoms. The van der Waals surface area contributed by atoms with Gasteiger partial charge in [0.05, 0.1) is 6.04 Å². The van der Waals surface area contributed by atoms with E-state index in [2.05, 4.69) is 28.5 Å². The van der Waals surface area contributed by atoms with Crippen LogP contribution in [0.25, 0.3) is 0 Å². The largest absolute Gasteiger partial charge is 0.364 e. The number of carbonyl (C=O) groups excluding carboxylic acids is 1. The van der Waals surface area contributed by atoms with Crippen LogP contribution in [0.1, 0.15) is 33.2 Å². The first kappa shape index (κ1) is 11.9. The van der Waals surface area contributed by atoms with Gasteiger partial charge >= 0.3 is 0 Å².